The summed E-state index contributed by atoms with van der Waals surface area (Å²) in [6.07, 6.45) is 1.71. The van der Waals surface area contributed by atoms with Crippen molar-refractivity contribution in [3.8, 4) is 0 Å². The van der Waals surface area contributed by atoms with Gasteiger partial charge in [0, 0.05) is 0 Å². The maximum atomic E-state index is 10.2. The molecule has 0 aromatic carbocycles. The minimum absolute atomic E-state index is 0.0235. The van der Waals surface area contributed by atoms with Crippen molar-refractivity contribution in [2.24, 2.45) is 11.8 Å². The third-order valence-corrected chi connectivity index (χ3v) is 3.52. The molecule has 2 rings (SSSR count). The maximum absolute atomic E-state index is 10.2. The standard InChI is InChI=1S/C8H12N2O6/c11-9(12)15-7-3-1-5-6(7)2-4-8(5)16-10(13)14/h5-8H,1-4H2. The zero-order chi connectivity index (χ0) is 11.7. The van der Waals surface area contributed by atoms with Gasteiger partial charge in [-0.15, -0.1) is 20.2 Å². The van der Waals surface area contributed by atoms with Crippen molar-refractivity contribution in [1.82, 2.24) is 0 Å². The lowest BCUT2D eigenvalue weighted by atomic mass is 9.98. The van der Waals surface area contributed by atoms with Crippen molar-refractivity contribution >= 4 is 0 Å². The summed E-state index contributed by atoms with van der Waals surface area (Å²) in [4.78, 5) is 29.6. The highest BCUT2D eigenvalue weighted by molar-refractivity contribution is 4.94. The first-order valence-corrected chi connectivity index (χ1v) is 5.20. The summed E-state index contributed by atoms with van der Waals surface area (Å²) in [6, 6.07) is 0. The second-order valence-electron chi connectivity index (χ2n) is 4.22. The molecule has 2 aliphatic carbocycles. The molecule has 0 amide bonds. The van der Waals surface area contributed by atoms with Gasteiger partial charge in [0.15, 0.2) is 0 Å². The van der Waals surface area contributed by atoms with Crippen LogP contribution in [-0.2, 0) is 9.68 Å². The van der Waals surface area contributed by atoms with Crippen LogP contribution in [0.4, 0.5) is 0 Å². The van der Waals surface area contributed by atoms with Gasteiger partial charge in [-0.2, -0.15) is 0 Å². The Labute approximate surface area is 90.7 Å². The highest BCUT2D eigenvalue weighted by Gasteiger charge is 2.47. The van der Waals surface area contributed by atoms with Crippen LogP contribution in [0.15, 0.2) is 0 Å². The van der Waals surface area contributed by atoms with Crippen LogP contribution in [-0.4, -0.2) is 22.4 Å². The Balaban J connectivity index is 1.95. The first kappa shape index (κ1) is 10.9. The molecule has 0 N–H and O–H groups in total. The van der Waals surface area contributed by atoms with Crippen LogP contribution < -0.4 is 0 Å². The highest BCUT2D eigenvalue weighted by atomic mass is 17.0. The fourth-order valence-corrected chi connectivity index (χ4v) is 2.98. The van der Waals surface area contributed by atoms with E-state index < -0.39 is 22.4 Å². The minimum atomic E-state index is -0.783. The molecule has 16 heavy (non-hydrogen) atoms. The van der Waals surface area contributed by atoms with Gasteiger partial charge >= 0.3 is 0 Å². The fraction of sp³-hybridized carbons (Fsp3) is 1.00. The van der Waals surface area contributed by atoms with Crippen molar-refractivity contribution in [2.45, 2.75) is 37.9 Å². The molecule has 0 heterocycles. The largest absolute Gasteiger partial charge is 0.310 e. The molecule has 90 valence electrons. The molecule has 2 fully saturated rings. The van der Waals surface area contributed by atoms with Crippen LogP contribution in [0.1, 0.15) is 25.7 Å². The summed E-state index contributed by atoms with van der Waals surface area (Å²) < 4.78 is 0. The third kappa shape index (κ3) is 2.00. The third-order valence-electron chi connectivity index (χ3n) is 3.52. The van der Waals surface area contributed by atoms with Crippen LogP contribution in [0.5, 0.6) is 0 Å². The van der Waals surface area contributed by atoms with E-state index in [1.807, 2.05) is 0 Å². The fourth-order valence-electron chi connectivity index (χ4n) is 2.98. The van der Waals surface area contributed by atoms with E-state index in [4.69, 9.17) is 0 Å². The summed E-state index contributed by atoms with van der Waals surface area (Å²) in [5.41, 5.74) is 0. The van der Waals surface area contributed by atoms with E-state index in [0.717, 1.165) is 0 Å². The second kappa shape index (κ2) is 4.11. The molecule has 0 bridgehead atoms. The van der Waals surface area contributed by atoms with Crippen LogP contribution >= 0.6 is 0 Å². The summed E-state index contributed by atoms with van der Waals surface area (Å²) in [7, 11) is 0. The predicted molar refractivity (Wildman–Crippen MR) is 49.2 cm³/mol. The summed E-state index contributed by atoms with van der Waals surface area (Å²) in [5, 5.41) is 18.9. The number of rotatable bonds is 4. The molecule has 0 radical (unpaired) electrons. The van der Waals surface area contributed by atoms with Crippen molar-refractivity contribution < 1.29 is 19.8 Å². The molecular weight excluding hydrogens is 220 g/mol. The van der Waals surface area contributed by atoms with E-state index in [1.165, 1.54) is 0 Å². The number of nitrogens with zero attached hydrogens (tertiary/aromatic N) is 2. The molecule has 4 atom stereocenters. The second-order valence-corrected chi connectivity index (χ2v) is 4.22. The van der Waals surface area contributed by atoms with E-state index in [2.05, 4.69) is 9.68 Å². The molecule has 2 aliphatic rings. The Kier molecular flexibility index (Phi) is 2.80. The topological polar surface area (TPSA) is 105 Å². The smallest absolute Gasteiger partial charge is 0.294 e. The van der Waals surface area contributed by atoms with Gasteiger partial charge in [0.05, 0.1) is 0 Å². The highest BCUT2D eigenvalue weighted by Crippen LogP contribution is 2.46. The number of hydrogen-bond acceptors (Lipinski definition) is 6. The lowest BCUT2D eigenvalue weighted by Crippen LogP contribution is -2.25. The lowest BCUT2D eigenvalue weighted by Gasteiger charge is -2.17. The Morgan fingerprint density at radius 3 is 1.50 bits per heavy atom. The molecule has 4 unspecified atom stereocenters. The number of fused-ring (bicyclic) bond motifs is 1. The summed E-state index contributed by atoms with van der Waals surface area (Å²) >= 11 is 0. The molecule has 2 saturated carbocycles. The Hall–Kier alpha value is -1.60. The van der Waals surface area contributed by atoms with Crippen molar-refractivity contribution in [2.75, 3.05) is 0 Å². The van der Waals surface area contributed by atoms with E-state index in [9.17, 15) is 20.2 Å². The van der Waals surface area contributed by atoms with Crippen LogP contribution in [0.3, 0.4) is 0 Å². The molecular formula is C8H12N2O6. The van der Waals surface area contributed by atoms with Gasteiger partial charge in [0.1, 0.15) is 12.2 Å². The zero-order valence-corrected chi connectivity index (χ0v) is 8.48. The van der Waals surface area contributed by atoms with Crippen molar-refractivity contribution in [3.05, 3.63) is 20.2 Å². The Morgan fingerprint density at radius 2 is 1.19 bits per heavy atom. The van der Waals surface area contributed by atoms with Gasteiger partial charge in [0.2, 0.25) is 0 Å². The molecule has 8 heteroatoms. The van der Waals surface area contributed by atoms with Gasteiger partial charge in [-0.3, -0.25) is 0 Å². The molecule has 0 aromatic heterocycles. The normalized spacial score (nSPS) is 36.8. The van der Waals surface area contributed by atoms with Crippen LogP contribution in [0, 0.1) is 32.1 Å². The van der Waals surface area contributed by atoms with Gasteiger partial charge in [-0.25, -0.2) is 0 Å². The SMILES string of the molecule is O=[N+]([O-])OC1CCC2C(O[N+](=O)[O-])CCC12. The molecule has 0 aromatic rings. The quantitative estimate of drug-likeness (QED) is 0.528. The van der Waals surface area contributed by atoms with Gasteiger partial charge in [-0.1, -0.05) is 0 Å². The monoisotopic (exact) mass is 232 g/mol. The lowest BCUT2D eigenvalue weighted by molar-refractivity contribution is -0.772. The average molecular weight is 232 g/mol. The van der Waals surface area contributed by atoms with Crippen molar-refractivity contribution in [3.63, 3.8) is 0 Å². The van der Waals surface area contributed by atoms with Gasteiger partial charge in [0.25, 0.3) is 10.2 Å². The summed E-state index contributed by atoms with van der Waals surface area (Å²) in [6.45, 7) is 0. The maximum Gasteiger partial charge on any atom is 0.294 e. The van der Waals surface area contributed by atoms with Crippen LogP contribution in [0.25, 0.3) is 0 Å². The van der Waals surface area contributed by atoms with Crippen LogP contribution in [0.2, 0.25) is 0 Å². The summed E-state index contributed by atoms with van der Waals surface area (Å²) in [5.74, 6) is 0.0469. The Bertz CT molecular complexity index is 279. The van der Waals surface area contributed by atoms with Gasteiger partial charge in [-0.05, 0) is 37.5 Å². The molecule has 0 aliphatic heterocycles. The zero-order valence-electron chi connectivity index (χ0n) is 8.48. The molecule has 0 saturated heterocycles. The molecule has 8 nitrogen and oxygen atoms in total. The first-order chi connectivity index (χ1) is 7.58. The average Bonchev–Trinajstić information content (AvgIpc) is 2.70. The minimum Gasteiger partial charge on any atom is -0.310 e. The van der Waals surface area contributed by atoms with Crippen molar-refractivity contribution in [1.29, 1.82) is 0 Å². The van der Waals surface area contributed by atoms with E-state index in [1.54, 1.807) is 0 Å². The van der Waals surface area contributed by atoms with E-state index in [-0.39, 0.29) is 11.8 Å². The van der Waals surface area contributed by atoms with E-state index >= 15 is 0 Å². The first-order valence-electron chi connectivity index (χ1n) is 5.20. The number of hydrogen-bond donors (Lipinski definition) is 0. The Morgan fingerprint density at radius 1 is 0.812 bits per heavy atom. The predicted octanol–water partition coefficient (Wildman–Crippen LogP) is 0.960. The molecule has 0 spiro atoms. The van der Waals surface area contributed by atoms with Gasteiger partial charge < -0.3 is 9.68 Å². The van der Waals surface area contributed by atoms with E-state index in [0.29, 0.717) is 25.7 Å².